The number of allylic oxidation sites excluding steroid dienone is 2. The lowest BCUT2D eigenvalue weighted by atomic mass is 10.1. The molecule has 0 spiro atoms. The lowest BCUT2D eigenvalue weighted by Gasteiger charge is -2.07. The van der Waals surface area contributed by atoms with Crippen molar-refractivity contribution in [3.05, 3.63) is 70.8 Å². The number of ketones is 1. The molecule has 2 aromatic rings. The van der Waals surface area contributed by atoms with Gasteiger partial charge in [0.05, 0.1) is 13.2 Å². The van der Waals surface area contributed by atoms with Crippen LogP contribution in [0.4, 0.5) is 0 Å². The lowest BCUT2D eigenvalue weighted by Crippen LogP contribution is -1.98. The molecule has 0 radical (unpaired) electrons. The number of carbonyl (C=O) groups excluding carboxylic acids is 1. The molecule has 1 fully saturated rings. The molecule has 0 atom stereocenters. The van der Waals surface area contributed by atoms with Crippen LogP contribution in [0.25, 0.3) is 12.2 Å². The second kappa shape index (κ2) is 8.52. The standard InChI is InChI=1S/C23H24O3/c1-3-25-21-11-7-5-9-17(21)15-19-13-14-20(23(19)24)16-18-10-6-8-12-22(18)26-4-2/h5-12,15-16H,3-4,13-14H2,1-2H3/b19-15+,20-16+. The molecule has 3 rings (SSSR count). The maximum Gasteiger partial charge on any atom is 0.185 e. The van der Waals surface area contributed by atoms with Crippen molar-refractivity contribution < 1.29 is 14.3 Å². The predicted octanol–water partition coefficient (Wildman–Crippen LogP) is 5.31. The van der Waals surface area contributed by atoms with Gasteiger partial charge in [0, 0.05) is 22.3 Å². The molecule has 3 heteroatoms. The summed E-state index contributed by atoms with van der Waals surface area (Å²) in [7, 11) is 0. The first-order valence-corrected chi connectivity index (χ1v) is 9.12. The molecule has 0 aromatic heterocycles. The zero-order valence-electron chi connectivity index (χ0n) is 15.3. The number of ether oxygens (including phenoxy) is 2. The van der Waals surface area contributed by atoms with Crippen LogP contribution in [0.3, 0.4) is 0 Å². The van der Waals surface area contributed by atoms with Gasteiger partial charge in [0.15, 0.2) is 5.78 Å². The number of benzene rings is 2. The minimum atomic E-state index is 0.114. The van der Waals surface area contributed by atoms with E-state index >= 15 is 0 Å². The van der Waals surface area contributed by atoms with Gasteiger partial charge in [-0.15, -0.1) is 0 Å². The van der Waals surface area contributed by atoms with Crippen LogP contribution in [0.5, 0.6) is 11.5 Å². The monoisotopic (exact) mass is 348 g/mol. The molecule has 0 saturated heterocycles. The Morgan fingerprint density at radius 2 is 1.19 bits per heavy atom. The fraction of sp³-hybridized carbons (Fsp3) is 0.261. The quantitative estimate of drug-likeness (QED) is 0.663. The van der Waals surface area contributed by atoms with Gasteiger partial charge in [-0.1, -0.05) is 36.4 Å². The first-order chi connectivity index (χ1) is 12.7. The van der Waals surface area contributed by atoms with E-state index in [9.17, 15) is 4.79 Å². The number of hydrogen-bond donors (Lipinski definition) is 0. The van der Waals surface area contributed by atoms with Crippen molar-refractivity contribution in [2.24, 2.45) is 0 Å². The zero-order chi connectivity index (χ0) is 18.4. The summed E-state index contributed by atoms with van der Waals surface area (Å²) in [5.74, 6) is 1.74. The maximum absolute atomic E-state index is 12.8. The van der Waals surface area contributed by atoms with E-state index < -0.39 is 0 Å². The highest BCUT2D eigenvalue weighted by Gasteiger charge is 2.23. The third kappa shape index (κ3) is 4.05. The van der Waals surface area contributed by atoms with Gasteiger partial charge in [0.25, 0.3) is 0 Å². The molecule has 0 aliphatic heterocycles. The van der Waals surface area contributed by atoms with E-state index in [-0.39, 0.29) is 5.78 Å². The third-order valence-corrected chi connectivity index (χ3v) is 4.34. The number of hydrogen-bond acceptors (Lipinski definition) is 3. The van der Waals surface area contributed by atoms with E-state index in [4.69, 9.17) is 9.47 Å². The molecule has 134 valence electrons. The summed E-state index contributed by atoms with van der Waals surface area (Å²) in [6, 6.07) is 15.6. The van der Waals surface area contributed by atoms with Crippen LogP contribution in [-0.4, -0.2) is 19.0 Å². The summed E-state index contributed by atoms with van der Waals surface area (Å²) < 4.78 is 11.3. The number of carbonyl (C=O) groups is 1. The summed E-state index contributed by atoms with van der Waals surface area (Å²) in [4.78, 5) is 12.8. The van der Waals surface area contributed by atoms with E-state index in [0.717, 1.165) is 46.6 Å². The maximum atomic E-state index is 12.8. The van der Waals surface area contributed by atoms with Crippen molar-refractivity contribution in [3.63, 3.8) is 0 Å². The highest BCUT2D eigenvalue weighted by atomic mass is 16.5. The molecule has 0 bridgehead atoms. The Kier molecular flexibility index (Phi) is 5.90. The molecule has 1 aliphatic carbocycles. The average Bonchev–Trinajstić information content (AvgIpc) is 2.99. The summed E-state index contributed by atoms with van der Waals surface area (Å²) >= 11 is 0. The van der Waals surface area contributed by atoms with Gasteiger partial charge in [-0.2, -0.15) is 0 Å². The van der Waals surface area contributed by atoms with Crippen LogP contribution in [0.15, 0.2) is 59.7 Å². The van der Waals surface area contributed by atoms with Gasteiger partial charge in [0.2, 0.25) is 0 Å². The van der Waals surface area contributed by atoms with Gasteiger partial charge in [-0.3, -0.25) is 4.79 Å². The van der Waals surface area contributed by atoms with E-state index in [0.29, 0.717) is 13.2 Å². The van der Waals surface area contributed by atoms with Crippen LogP contribution in [-0.2, 0) is 4.79 Å². The highest BCUT2D eigenvalue weighted by Crippen LogP contribution is 2.32. The number of Topliss-reactive ketones (excluding diaryl/α,β-unsaturated/α-hetero) is 1. The third-order valence-electron chi connectivity index (χ3n) is 4.34. The van der Waals surface area contributed by atoms with Crippen molar-refractivity contribution in [2.75, 3.05) is 13.2 Å². The molecule has 0 unspecified atom stereocenters. The summed E-state index contributed by atoms with van der Waals surface area (Å²) in [6.45, 7) is 5.13. The molecule has 26 heavy (non-hydrogen) atoms. The minimum Gasteiger partial charge on any atom is -0.493 e. The van der Waals surface area contributed by atoms with Gasteiger partial charge in [0.1, 0.15) is 11.5 Å². The lowest BCUT2D eigenvalue weighted by molar-refractivity contribution is -0.111. The first-order valence-electron chi connectivity index (χ1n) is 9.12. The van der Waals surface area contributed by atoms with Crippen LogP contribution < -0.4 is 9.47 Å². The largest absolute Gasteiger partial charge is 0.493 e. The Morgan fingerprint density at radius 1 is 0.769 bits per heavy atom. The van der Waals surface area contributed by atoms with E-state index in [1.165, 1.54) is 0 Å². The topological polar surface area (TPSA) is 35.5 Å². The van der Waals surface area contributed by atoms with Gasteiger partial charge < -0.3 is 9.47 Å². The Morgan fingerprint density at radius 3 is 1.62 bits per heavy atom. The second-order valence-corrected chi connectivity index (χ2v) is 6.11. The second-order valence-electron chi connectivity index (χ2n) is 6.11. The zero-order valence-corrected chi connectivity index (χ0v) is 15.3. The molecule has 1 aliphatic rings. The van der Waals surface area contributed by atoms with Crippen LogP contribution in [0.2, 0.25) is 0 Å². The predicted molar refractivity (Wildman–Crippen MR) is 105 cm³/mol. The van der Waals surface area contributed by atoms with Crippen molar-refractivity contribution >= 4 is 17.9 Å². The molecule has 2 aromatic carbocycles. The van der Waals surface area contributed by atoms with Crippen LogP contribution >= 0.6 is 0 Å². The fourth-order valence-corrected chi connectivity index (χ4v) is 3.13. The van der Waals surface area contributed by atoms with Crippen molar-refractivity contribution in [2.45, 2.75) is 26.7 Å². The first kappa shape index (κ1) is 18.0. The van der Waals surface area contributed by atoms with E-state index in [2.05, 4.69) is 0 Å². The van der Waals surface area contributed by atoms with Crippen molar-refractivity contribution in [1.82, 2.24) is 0 Å². The molecule has 0 amide bonds. The van der Waals surface area contributed by atoms with Crippen molar-refractivity contribution in [1.29, 1.82) is 0 Å². The smallest absolute Gasteiger partial charge is 0.185 e. The summed E-state index contributed by atoms with van der Waals surface area (Å²) in [5.41, 5.74) is 3.57. The highest BCUT2D eigenvalue weighted by molar-refractivity contribution is 6.15. The molecule has 0 N–H and O–H groups in total. The minimum absolute atomic E-state index is 0.114. The molecule has 0 heterocycles. The van der Waals surface area contributed by atoms with Gasteiger partial charge >= 0.3 is 0 Å². The van der Waals surface area contributed by atoms with Gasteiger partial charge in [-0.05, 0) is 51.0 Å². The van der Waals surface area contributed by atoms with Crippen LogP contribution in [0, 0.1) is 0 Å². The average molecular weight is 348 g/mol. The van der Waals surface area contributed by atoms with Gasteiger partial charge in [-0.25, -0.2) is 0 Å². The van der Waals surface area contributed by atoms with Crippen LogP contribution in [0.1, 0.15) is 37.8 Å². The molecular formula is C23H24O3. The fourth-order valence-electron chi connectivity index (χ4n) is 3.13. The Bertz CT molecular complexity index is 777. The molecular weight excluding hydrogens is 324 g/mol. The SMILES string of the molecule is CCOc1ccccc1/C=C1\CC/C(=C\c2ccccc2OCC)C1=O. The number of rotatable bonds is 6. The summed E-state index contributed by atoms with van der Waals surface area (Å²) in [5, 5.41) is 0. The Hall–Kier alpha value is -2.81. The normalized spacial score (nSPS) is 17.1. The van der Waals surface area contributed by atoms with E-state index in [1.54, 1.807) is 0 Å². The summed E-state index contributed by atoms with van der Waals surface area (Å²) in [6.07, 6.45) is 5.43. The number of para-hydroxylation sites is 2. The Balaban J connectivity index is 1.87. The van der Waals surface area contributed by atoms with E-state index in [1.807, 2.05) is 74.5 Å². The Labute approximate surface area is 155 Å². The van der Waals surface area contributed by atoms with Crippen molar-refractivity contribution in [3.8, 4) is 11.5 Å². The molecule has 3 nitrogen and oxygen atoms in total. The molecule has 1 saturated carbocycles.